The number of nitrogen functional groups attached to an aromatic ring is 1. The summed E-state index contributed by atoms with van der Waals surface area (Å²) >= 11 is 0. The van der Waals surface area contributed by atoms with Crippen molar-refractivity contribution in [2.75, 3.05) is 30.8 Å². The monoisotopic (exact) mass is 249 g/mol. The minimum atomic E-state index is -0.173. The number of anilines is 2. The van der Waals surface area contributed by atoms with E-state index in [0.717, 1.165) is 24.5 Å². The maximum absolute atomic E-state index is 12.2. The van der Waals surface area contributed by atoms with Crippen molar-refractivity contribution in [3.8, 4) is 0 Å². The van der Waals surface area contributed by atoms with Crippen LogP contribution in [0.15, 0.2) is 24.3 Å². The van der Waals surface area contributed by atoms with Crippen LogP contribution in [0, 0.1) is 0 Å². The number of rotatable bonds is 5. The summed E-state index contributed by atoms with van der Waals surface area (Å²) in [4.78, 5) is 16.1. The zero-order chi connectivity index (χ0) is 13.7. The van der Waals surface area contributed by atoms with Gasteiger partial charge in [0.2, 0.25) is 5.91 Å². The highest BCUT2D eigenvalue weighted by Gasteiger charge is 2.22. The summed E-state index contributed by atoms with van der Waals surface area (Å²) in [5.41, 5.74) is 7.39. The van der Waals surface area contributed by atoms with Crippen LogP contribution < -0.4 is 10.6 Å². The number of carbonyl (C=O) groups is 1. The van der Waals surface area contributed by atoms with E-state index < -0.39 is 0 Å². The normalized spacial score (nSPS) is 12.0. The number of carbonyl (C=O) groups excluding carboxylic acids is 1. The predicted molar refractivity (Wildman–Crippen MR) is 76.6 cm³/mol. The van der Waals surface area contributed by atoms with Crippen LogP contribution in [0.25, 0.3) is 0 Å². The number of nitrogens with zero attached hydrogens (tertiary/aromatic N) is 2. The highest BCUT2D eigenvalue weighted by atomic mass is 16.2. The molecule has 18 heavy (non-hydrogen) atoms. The molecule has 0 bridgehead atoms. The predicted octanol–water partition coefficient (Wildman–Crippen LogP) is 1.96. The summed E-state index contributed by atoms with van der Waals surface area (Å²) in [6, 6.07) is 7.39. The molecule has 1 unspecified atom stereocenters. The van der Waals surface area contributed by atoms with Crippen LogP contribution in [0.1, 0.15) is 20.8 Å². The molecule has 0 fully saturated rings. The average molecular weight is 249 g/mol. The van der Waals surface area contributed by atoms with Crippen LogP contribution in [0.2, 0.25) is 0 Å². The molecule has 0 saturated heterocycles. The Hall–Kier alpha value is -1.71. The Morgan fingerprint density at radius 3 is 2.17 bits per heavy atom. The van der Waals surface area contributed by atoms with Crippen molar-refractivity contribution in [3.63, 3.8) is 0 Å². The summed E-state index contributed by atoms with van der Waals surface area (Å²) in [5.74, 6) is 0.152. The molecule has 4 nitrogen and oxygen atoms in total. The van der Waals surface area contributed by atoms with Crippen LogP contribution in [0.4, 0.5) is 11.4 Å². The van der Waals surface area contributed by atoms with Gasteiger partial charge in [0.1, 0.15) is 6.04 Å². The lowest BCUT2D eigenvalue weighted by atomic mass is 10.2. The topological polar surface area (TPSA) is 49.6 Å². The molecule has 0 spiro atoms. The Balaban J connectivity index is 2.80. The highest BCUT2D eigenvalue weighted by molar-refractivity contribution is 5.84. The Labute approximate surface area is 109 Å². The summed E-state index contributed by atoms with van der Waals surface area (Å²) in [6.07, 6.45) is 0. The van der Waals surface area contributed by atoms with Crippen molar-refractivity contribution >= 4 is 17.3 Å². The van der Waals surface area contributed by atoms with Gasteiger partial charge in [-0.25, -0.2) is 0 Å². The summed E-state index contributed by atoms with van der Waals surface area (Å²) < 4.78 is 0. The van der Waals surface area contributed by atoms with Gasteiger partial charge < -0.3 is 15.5 Å². The number of likely N-dealkylation sites (N-methyl/N-ethyl adjacent to an activating group) is 2. The molecular formula is C14H23N3O. The molecular weight excluding hydrogens is 226 g/mol. The zero-order valence-corrected chi connectivity index (χ0v) is 11.7. The number of hydrogen-bond donors (Lipinski definition) is 1. The quantitative estimate of drug-likeness (QED) is 0.812. The molecule has 0 aliphatic rings. The Kier molecular flexibility index (Phi) is 5.01. The van der Waals surface area contributed by atoms with E-state index in [1.165, 1.54) is 0 Å². The minimum Gasteiger partial charge on any atom is -0.399 e. The molecule has 1 amide bonds. The van der Waals surface area contributed by atoms with E-state index in [-0.39, 0.29) is 11.9 Å². The molecule has 0 heterocycles. The maximum Gasteiger partial charge on any atom is 0.244 e. The first-order valence-corrected chi connectivity index (χ1v) is 6.38. The van der Waals surface area contributed by atoms with Crippen molar-refractivity contribution < 1.29 is 4.79 Å². The second-order valence-electron chi connectivity index (χ2n) is 4.39. The molecule has 1 rings (SSSR count). The largest absolute Gasteiger partial charge is 0.399 e. The fraction of sp³-hybridized carbons (Fsp3) is 0.500. The Morgan fingerprint density at radius 1 is 1.22 bits per heavy atom. The minimum absolute atomic E-state index is 0.152. The fourth-order valence-electron chi connectivity index (χ4n) is 1.90. The lowest BCUT2D eigenvalue weighted by Crippen LogP contribution is -2.45. The van der Waals surface area contributed by atoms with Gasteiger partial charge in [-0.2, -0.15) is 0 Å². The van der Waals surface area contributed by atoms with Crippen molar-refractivity contribution in [2.24, 2.45) is 0 Å². The van der Waals surface area contributed by atoms with Crippen LogP contribution >= 0.6 is 0 Å². The van der Waals surface area contributed by atoms with Gasteiger partial charge in [-0.05, 0) is 45.0 Å². The van der Waals surface area contributed by atoms with E-state index in [9.17, 15) is 4.79 Å². The molecule has 2 N–H and O–H groups in total. The first-order valence-electron chi connectivity index (χ1n) is 6.38. The van der Waals surface area contributed by atoms with Gasteiger partial charge in [0.25, 0.3) is 0 Å². The zero-order valence-electron chi connectivity index (χ0n) is 11.7. The first kappa shape index (κ1) is 14.4. The summed E-state index contributed by atoms with van der Waals surface area (Å²) in [7, 11) is 1.93. The van der Waals surface area contributed by atoms with E-state index in [1.54, 1.807) is 0 Å². The first-order chi connectivity index (χ1) is 8.51. The van der Waals surface area contributed by atoms with Gasteiger partial charge in [-0.1, -0.05) is 0 Å². The molecule has 1 atom stereocenters. The van der Waals surface area contributed by atoms with Crippen molar-refractivity contribution in [2.45, 2.75) is 26.8 Å². The second-order valence-corrected chi connectivity index (χ2v) is 4.39. The van der Waals surface area contributed by atoms with E-state index in [1.807, 2.05) is 61.9 Å². The average Bonchev–Trinajstić information content (AvgIpc) is 2.39. The van der Waals surface area contributed by atoms with Crippen LogP contribution in [-0.4, -0.2) is 37.0 Å². The molecule has 0 saturated carbocycles. The SMILES string of the molecule is CCN(CC)C(=O)C(C)N(C)c1ccc(N)cc1. The molecule has 100 valence electrons. The highest BCUT2D eigenvalue weighted by Crippen LogP contribution is 2.17. The Bertz CT molecular complexity index is 385. The Morgan fingerprint density at radius 2 is 1.72 bits per heavy atom. The third-order valence-corrected chi connectivity index (χ3v) is 3.31. The van der Waals surface area contributed by atoms with Crippen molar-refractivity contribution in [1.82, 2.24) is 4.90 Å². The summed E-state index contributed by atoms with van der Waals surface area (Å²) in [6.45, 7) is 7.41. The molecule has 1 aromatic rings. The molecule has 0 radical (unpaired) electrons. The van der Waals surface area contributed by atoms with Crippen molar-refractivity contribution in [1.29, 1.82) is 0 Å². The molecule has 0 aliphatic carbocycles. The molecule has 1 aromatic carbocycles. The van der Waals surface area contributed by atoms with Gasteiger partial charge in [0, 0.05) is 31.5 Å². The van der Waals surface area contributed by atoms with Crippen molar-refractivity contribution in [3.05, 3.63) is 24.3 Å². The molecule has 0 aliphatic heterocycles. The van der Waals surface area contributed by atoms with E-state index >= 15 is 0 Å². The van der Waals surface area contributed by atoms with Gasteiger partial charge in [0.05, 0.1) is 0 Å². The molecule has 4 heteroatoms. The lowest BCUT2D eigenvalue weighted by Gasteiger charge is -2.30. The number of nitrogens with two attached hydrogens (primary N) is 1. The smallest absolute Gasteiger partial charge is 0.244 e. The number of benzene rings is 1. The molecule has 0 aromatic heterocycles. The van der Waals surface area contributed by atoms with Gasteiger partial charge in [-0.3, -0.25) is 4.79 Å². The number of amides is 1. The standard InChI is InChI=1S/C14H23N3O/c1-5-17(6-2)14(18)11(3)16(4)13-9-7-12(15)8-10-13/h7-11H,5-6,15H2,1-4H3. The third kappa shape index (κ3) is 3.15. The summed E-state index contributed by atoms with van der Waals surface area (Å²) in [5, 5.41) is 0. The maximum atomic E-state index is 12.2. The number of hydrogen-bond acceptors (Lipinski definition) is 3. The van der Waals surface area contributed by atoms with Crippen LogP contribution in [0.3, 0.4) is 0 Å². The van der Waals surface area contributed by atoms with Gasteiger partial charge in [-0.15, -0.1) is 0 Å². The van der Waals surface area contributed by atoms with Gasteiger partial charge >= 0.3 is 0 Å². The van der Waals surface area contributed by atoms with Crippen LogP contribution in [0.5, 0.6) is 0 Å². The lowest BCUT2D eigenvalue weighted by molar-refractivity contribution is -0.131. The van der Waals surface area contributed by atoms with E-state index in [2.05, 4.69) is 0 Å². The fourth-order valence-corrected chi connectivity index (χ4v) is 1.90. The van der Waals surface area contributed by atoms with Gasteiger partial charge in [0.15, 0.2) is 0 Å². The third-order valence-electron chi connectivity index (χ3n) is 3.31. The van der Waals surface area contributed by atoms with E-state index in [4.69, 9.17) is 5.73 Å². The van der Waals surface area contributed by atoms with Crippen LogP contribution in [-0.2, 0) is 4.79 Å². The van der Waals surface area contributed by atoms with E-state index in [0.29, 0.717) is 0 Å². The second kappa shape index (κ2) is 6.28.